The van der Waals surface area contributed by atoms with Crippen molar-refractivity contribution in [1.82, 2.24) is 15.2 Å². The lowest BCUT2D eigenvalue weighted by Crippen LogP contribution is -1.97. The Balaban J connectivity index is 1.80. The van der Waals surface area contributed by atoms with Crippen molar-refractivity contribution in [3.05, 3.63) is 65.8 Å². The molecule has 0 amide bonds. The smallest absolute Gasteiger partial charge is 0.229 e. The predicted molar refractivity (Wildman–Crippen MR) is 102 cm³/mol. The van der Waals surface area contributed by atoms with Crippen molar-refractivity contribution in [1.29, 1.82) is 0 Å². The molecule has 0 atom stereocenters. The van der Waals surface area contributed by atoms with Crippen LogP contribution in [0.25, 0.3) is 10.8 Å². The summed E-state index contributed by atoms with van der Waals surface area (Å²) in [5.74, 6) is 3.09. The van der Waals surface area contributed by atoms with Gasteiger partial charge in [0.1, 0.15) is 17.3 Å². The Morgan fingerprint density at radius 2 is 1.92 bits per heavy atom. The van der Waals surface area contributed by atoms with Crippen LogP contribution in [0.4, 0.5) is 11.6 Å². The van der Waals surface area contributed by atoms with Crippen LogP contribution >= 0.6 is 11.6 Å². The zero-order valence-corrected chi connectivity index (χ0v) is 14.6. The van der Waals surface area contributed by atoms with E-state index in [2.05, 4.69) is 20.5 Å². The summed E-state index contributed by atoms with van der Waals surface area (Å²) >= 11 is 6.05. The quantitative estimate of drug-likeness (QED) is 0.510. The Morgan fingerprint density at radius 1 is 1.00 bits per heavy atom. The maximum absolute atomic E-state index is 6.05. The van der Waals surface area contributed by atoms with Gasteiger partial charge in [-0.25, -0.2) is 0 Å². The molecule has 0 bridgehead atoms. The maximum atomic E-state index is 6.05. The molecule has 0 saturated heterocycles. The minimum Gasteiger partial charge on any atom is -0.497 e. The monoisotopic (exact) mass is 366 g/mol. The second kappa shape index (κ2) is 6.93. The van der Waals surface area contributed by atoms with Gasteiger partial charge in [-0.05, 0) is 47.9 Å². The molecule has 0 aliphatic heterocycles. The number of hydrogen-bond donors (Lipinski definition) is 2. The number of hydrogen-bond acceptors (Lipinski definition) is 5. The largest absolute Gasteiger partial charge is 0.497 e. The summed E-state index contributed by atoms with van der Waals surface area (Å²) in [5.41, 5.74) is 0. The first kappa shape index (κ1) is 16.2. The van der Waals surface area contributed by atoms with Gasteiger partial charge in [0, 0.05) is 22.7 Å². The van der Waals surface area contributed by atoms with Crippen molar-refractivity contribution in [2.24, 2.45) is 0 Å². The zero-order chi connectivity index (χ0) is 17.9. The van der Waals surface area contributed by atoms with Crippen molar-refractivity contribution in [2.75, 3.05) is 12.4 Å². The first-order valence-electron chi connectivity index (χ1n) is 7.90. The second-order valence-electron chi connectivity index (χ2n) is 5.54. The molecule has 0 radical (unpaired) electrons. The number of ether oxygens (including phenoxy) is 2. The Labute approximate surface area is 154 Å². The molecule has 0 spiro atoms. The topological polar surface area (TPSA) is 72.1 Å². The average Bonchev–Trinajstić information content (AvgIpc) is 3.14. The Kier molecular flexibility index (Phi) is 4.33. The van der Waals surface area contributed by atoms with Crippen LogP contribution in [-0.2, 0) is 0 Å². The molecule has 4 aromatic rings. The van der Waals surface area contributed by atoms with Gasteiger partial charge < -0.3 is 14.8 Å². The standard InChI is InChI=1S/C19H15ClN4O2/c1-25-14-5-6-16-12(9-14)10-18(22-17-7-8-21-24-17)23-19(16)26-15-4-2-3-13(20)11-15/h2-11H,1H3,(H2,21,22,23,24). The lowest BCUT2D eigenvalue weighted by atomic mass is 10.1. The fourth-order valence-corrected chi connectivity index (χ4v) is 2.76. The zero-order valence-electron chi connectivity index (χ0n) is 13.9. The molecule has 2 aromatic heterocycles. The fraction of sp³-hybridized carbons (Fsp3) is 0.0526. The van der Waals surface area contributed by atoms with E-state index in [1.54, 1.807) is 25.4 Å². The van der Waals surface area contributed by atoms with E-state index in [-0.39, 0.29) is 0 Å². The van der Waals surface area contributed by atoms with E-state index in [0.29, 0.717) is 28.3 Å². The van der Waals surface area contributed by atoms with Gasteiger partial charge in [-0.1, -0.05) is 17.7 Å². The summed E-state index contributed by atoms with van der Waals surface area (Å²) in [7, 11) is 1.63. The molecular weight excluding hydrogens is 352 g/mol. The SMILES string of the molecule is COc1ccc2c(Oc3cccc(Cl)c3)nc(Nc3cc[nH]n3)cc2c1. The molecule has 0 aliphatic carbocycles. The number of methoxy groups -OCH3 is 1. The summed E-state index contributed by atoms with van der Waals surface area (Å²) in [5, 5.41) is 12.4. The molecule has 0 unspecified atom stereocenters. The van der Waals surface area contributed by atoms with E-state index in [1.165, 1.54) is 0 Å². The summed E-state index contributed by atoms with van der Waals surface area (Å²) in [6, 6.07) is 16.6. The van der Waals surface area contributed by atoms with Crippen LogP contribution in [0, 0.1) is 0 Å². The lowest BCUT2D eigenvalue weighted by Gasteiger charge is -2.12. The number of aromatic amines is 1. The highest BCUT2D eigenvalue weighted by atomic mass is 35.5. The first-order valence-corrected chi connectivity index (χ1v) is 8.28. The number of nitrogens with zero attached hydrogens (tertiary/aromatic N) is 2. The number of pyridine rings is 1. The number of rotatable bonds is 5. The molecule has 6 nitrogen and oxygen atoms in total. The number of benzene rings is 2. The minimum atomic E-state index is 0.463. The van der Waals surface area contributed by atoms with E-state index in [4.69, 9.17) is 21.1 Å². The third-order valence-corrected chi connectivity index (χ3v) is 4.01. The van der Waals surface area contributed by atoms with Crippen LogP contribution in [0.2, 0.25) is 5.02 Å². The van der Waals surface area contributed by atoms with E-state index in [9.17, 15) is 0 Å². The number of anilines is 2. The molecule has 0 aliphatic rings. The van der Waals surface area contributed by atoms with Gasteiger partial charge in [0.15, 0.2) is 5.82 Å². The Hall–Kier alpha value is -3.25. The van der Waals surface area contributed by atoms with Crippen LogP contribution in [0.15, 0.2) is 60.8 Å². The van der Waals surface area contributed by atoms with E-state index < -0.39 is 0 Å². The second-order valence-corrected chi connectivity index (χ2v) is 5.98. The summed E-state index contributed by atoms with van der Waals surface area (Å²) in [4.78, 5) is 4.59. The van der Waals surface area contributed by atoms with E-state index in [0.717, 1.165) is 16.5 Å². The third kappa shape index (κ3) is 3.41. The van der Waals surface area contributed by atoms with Gasteiger partial charge in [0.2, 0.25) is 5.88 Å². The van der Waals surface area contributed by atoms with E-state index >= 15 is 0 Å². The van der Waals surface area contributed by atoms with Crippen LogP contribution in [0.5, 0.6) is 17.4 Å². The van der Waals surface area contributed by atoms with Gasteiger partial charge in [0.25, 0.3) is 0 Å². The summed E-state index contributed by atoms with van der Waals surface area (Å²) in [6.07, 6.45) is 1.73. The maximum Gasteiger partial charge on any atom is 0.229 e. The number of H-pyrrole nitrogens is 1. The van der Waals surface area contributed by atoms with Crippen molar-refractivity contribution in [3.63, 3.8) is 0 Å². The Morgan fingerprint density at radius 3 is 2.69 bits per heavy atom. The van der Waals surface area contributed by atoms with Crippen LogP contribution in [0.3, 0.4) is 0 Å². The number of aromatic nitrogens is 3. The van der Waals surface area contributed by atoms with Gasteiger partial charge in [-0.3, -0.25) is 5.10 Å². The van der Waals surface area contributed by atoms with Crippen molar-refractivity contribution in [3.8, 4) is 17.4 Å². The number of fused-ring (bicyclic) bond motifs is 1. The molecule has 26 heavy (non-hydrogen) atoms. The molecule has 7 heteroatoms. The molecule has 130 valence electrons. The molecule has 0 fully saturated rings. The summed E-state index contributed by atoms with van der Waals surface area (Å²) in [6.45, 7) is 0. The van der Waals surface area contributed by atoms with Crippen molar-refractivity contribution in [2.45, 2.75) is 0 Å². The average molecular weight is 367 g/mol. The molecule has 2 aromatic carbocycles. The van der Waals surface area contributed by atoms with Crippen LogP contribution in [0.1, 0.15) is 0 Å². The van der Waals surface area contributed by atoms with Crippen LogP contribution in [-0.4, -0.2) is 22.3 Å². The lowest BCUT2D eigenvalue weighted by molar-refractivity contribution is 0.415. The van der Waals surface area contributed by atoms with Gasteiger partial charge in [-0.15, -0.1) is 0 Å². The van der Waals surface area contributed by atoms with E-state index in [1.807, 2.05) is 42.5 Å². The van der Waals surface area contributed by atoms with Crippen molar-refractivity contribution >= 4 is 34.0 Å². The van der Waals surface area contributed by atoms with Crippen LogP contribution < -0.4 is 14.8 Å². The van der Waals surface area contributed by atoms with Gasteiger partial charge >= 0.3 is 0 Å². The molecule has 2 heterocycles. The summed E-state index contributed by atoms with van der Waals surface area (Å²) < 4.78 is 11.3. The van der Waals surface area contributed by atoms with Gasteiger partial charge in [0.05, 0.1) is 7.11 Å². The predicted octanol–water partition coefficient (Wildman–Crippen LogP) is 5.16. The Bertz CT molecular complexity index is 1050. The van der Waals surface area contributed by atoms with Crippen molar-refractivity contribution < 1.29 is 9.47 Å². The number of nitrogens with one attached hydrogen (secondary N) is 2. The molecule has 2 N–H and O–H groups in total. The minimum absolute atomic E-state index is 0.463. The number of halogens is 1. The first-order chi connectivity index (χ1) is 12.7. The highest BCUT2D eigenvalue weighted by Gasteiger charge is 2.11. The molecule has 0 saturated carbocycles. The fourth-order valence-electron chi connectivity index (χ4n) is 2.58. The molecule has 4 rings (SSSR count). The normalized spacial score (nSPS) is 10.7. The third-order valence-electron chi connectivity index (χ3n) is 3.77. The highest BCUT2D eigenvalue weighted by molar-refractivity contribution is 6.30. The van der Waals surface area contributed by atoms with Gasteiger partial charge in [-0.2, -0.15) is 10.1 Å². The highest BCUT2D eigenvalue weighted by Crippen LogP contribution is 2.33. The molecular formula is C19H15ClN4O2.